The van der Waals surface area contributed by atoms with Crippen molar-refractivity contribution >= 4 is 11.6 Å². The van der Waals surface area contributed by atoms with Gasteiger partial charge in [0.15, 0.2) is 5.96 Å². The lowest BCUT2D eigenvalue weighted by Crippen LogP contribution is -2.27. The summed E-state index contributed by atoms with van der Waals surface area (Å²) in [6, 6.07) is 6.03. The molecule has 1 aromatic carbocycles. The molecule has 0 saturated carbocycles. The van der Waals surface area contributed by atoms with Crippen molar-refractivity contribution in [3.63, 3.8) is 0 Å². The van der Waals surface area contributed by atoms with Gasteiger partial charge in [-0.1, -0.05) is 0 Å². The number of nitrogens with zero attached hydrogens (tertiary/aromatic N) is 1. The van der Waals surface area contributed by atoms with Crippen molar-refractivity contribution in [3.05, 3.63) is 24.3 Å². The Kier molecular flexibility index (Phi) is 4.47. The highest BCUT2D eigenvalue weighted by Crippen LogP contribution is 2.17. The van der Waals surface area contributed by atoms with Crippen LogP contribution in [-0.2, 0) is 0 Å². The van der Waals surface area contributed by atoms with Gasteiger partial charge in [0.05, 0.1) is 5.54 Å². The van der Waals surface area contributed by atoms with Gasteiger partial charge >= 0.3 is 6.61 Å². The fraction of sp³-hybridized carbons (Fsp3) is 0.417. The van der Waals surface area contributed by atoms with Gasteiger partial charge in [0, 0.05) is 5.69 Å². The molecule has 0 radical (unpaired) electrons. The second-order valence-electron chi connectivity index (χ2n) is 4.70. The maximum atomic E-state index is 11.9. The summed E-state index contributed by atoms with van der Waals surface area (Å²) in [5, 5.41) is 2.86. The molecule has 0 spiro atoms. The molecular weight excluding hydrogens is 240 g/mol. The van der Waals surface area contributed by atoms with E-state index in [9.17, 15) is 8.78 Å². The van der Waals surface area contributed by atoms with E-state index in [1.165, 1.54) is 12.1 Å². The summed E-state index contributed by atoms with van der Waals surface area (Å²) in [5.41, 5.74) is 6.07. The number of aliphatic imine (C=N–C) groups is 1. The molecule has 0 aromatic heterocycles. The lowest BCUT2D eigenvalue weighted by molar-refractivity contribution is -0.0498. The van der Waals surface area contributed by atoms with Crippen LogP contribution in [0.25, 0.3) is 0 Å². The second-order valence-corrected chi connectivity index (χ2v) is 4.70. The number of hydrogen-bond donors (Lipinski definition) is 2. The predicted molar refractivity (Wildman–Crippen MR) is 68.1 cm³/mol. The molecule has 100 valence electrons. The highest BCUT2D eigenvalue weighted by Gasteiger charge is 2.08. The Morgan fingerprint density at radius 3 is 2.28 bits per heavy atom. The molecule has 0 heterocycles. The van der Waals surface area contributed by atoms with Crippen LogP contribution >= 0.6 is 0 Å². The van der Waals surface area contributed by atoms with Gasteiger partial charge in [0.25, 0.3) is 0 Å². The summed E-state index contributed by atoms with van der Waals surface area (Å²) in [7, 11) is 0. The molecule has 1 aromatic rings. The Morgan fingerprint density at radius 2 is 1.83 bits per heavy atom. The summed E-state index contributed by atoms with van der Waals surface area (Å²) in [5.74, 6) is 0.368. The van der Waals surface area contributed by atoms with E-state index in [0.717, 1.165) is 0 Å². The second kappa shape index (κ2) is 5.66. The van der Waals surface area contributed by atoms with E-state index in [1.54, 1.807) is 12.1 Å². The number of rotatable bonds is 3. The Balaban J connectivity index is 2.67. The highest BCUT2D eigenvalue weighted by molar-refractivity contribution is 5.92. The van der Waals surface area contributed by atoms with Crippen LogP contribution in [0, 0.1) is 0 Å². The predicted octanol–water partition coefficient (Wildman–Crippen LogP) is 2.81. The first-order chi connectivity index (χ1) is 8.26. The summed E-state index contributed by atoms with van der Waals surface area (Å²) in [4.78, 5) is 4.21. The van der Waals surface area contributed by atoms with E-state index in [0.29, 0.717) is 5.69 Å². The molecule has 0 fully saturated rings. The van der Waals surface area contributed by atoms with Gasteiger partial charge in [-0.25, -0.2) is 4.99 Å². The lowest BCUT2D eigenvalue weighted by atomic mass is 10.1. The van der Waals surface area contributed by atoms with Crippen molar-refractivity contribution in [2.45, 2.75) is 32.9 Å². The Morgan fingerprint density at radius 1 is 1.28 bits per heavy atom. The molecule has 0 aliphatic rings. The first kappa shape index (κ1) is 14.2. The molecule has 18 heavy (non-hydrogen) atoms. The van der Waals surface area contributed by atoms with Crippen LogP contribution in [0.5, 0.6) is 5.75 Å². The molecule has 0 atom stereocenters. The summed E-state index contributed by atoms with van der Waals surface area (Å²) in [6.45, 7) is 2.93. The van der Waals surface area contributed by atoms with Crippen LogP contribution in [0.1, 0.15) is 20.8 Å². The Hall–Kier alpha value is -1.85. The third kappa shape index (κ3) is 5.47. The van der Waals surface area contributed by atoms with E-state index < -0.39 is 6.61 Å². The first-order valence-corrected chi connectivity index (χ1v) is 5.43. The number of nitrogens with two attached hydrogens (primary N) is 1. The quantitative estimate of drug-likeness (QED) is 0.646. The molecule has 3 N–H and O–H groups in total. The SMILES string of the molecule is CC(C)(C)N=C(N)Nc1ccc(OC(F)F)cc1. The average Bonchev–Trinajstić information content (AvgIpc) is 2.17. The third-order valence-electron chi connectivity index (χ3n) is 1.81. The molecule has 1 rings (SSSR count). The van der Waals surface area contributed by atoms with E-state index in [-0.39, 0.29) is 17.2 Å². The average molecular weight is 257 g/mol. The fourth-order valence-electron chi connectivity index (χ4n) is 1.26. The molecular formula is C12H17F2N3O. The van der Waals surface area contributed by atoms with Crippen molar-refractivity contribution in [3.8, 4) is 5.75 Å². The van der Waals surface area contributed by atoms with Crippen molar-refractivity contribution in [2.24, 2.45) is 10.7 Å². The molecule has 4 nitrogen and oxygen atoms in total. The minimum atomic E-state index is -2.82. The van der Waals surface area contributed by atoms with Crippen molar-refractivity contribution < 1.29 is 13.5 Å². The van der Waals surface area contributed by atoms with Crippen molar-refractivity contribution in [2.75, 3.05) is 5.32 Å². The normalized spacial score (nSPS) is 12.7. The van der Waals surface area contributed by atoms with Crippen molar-refractivity contribution in [1.29, 1.82) is 0 Å². The zero-order valence-corrected chi connectivity index (χ0v) is 10.6. The van der Waals surface area contributed by atoms with Crippen LogP contribution < -0.4 is 15.8 Å². The standard InChI is InChI=1S/C12H17F2N3O/c1-12(2,3)17-11(15)16-8-4-6-9(7-5-8)18-10(13)14/h4-7,10H,1-3H3,(H3,15,16,17). The van der Waals surface area contributed by atoms with Crippen LogP contribution in [-0.4, -0.2) is 18.1 Å². The number of ether oxygens (including phenoxy) is 1. The monoisotopic (exact) mass is 257 g/mol. The number of benzene rings is 1. The van der Waals surface area contributed by atoms with Crippen molar-refractivity contribution in [1.82, 2.24) is 0 Å². The van der Waals surface area contributed by atoms with Gasteiger partial charge in [-0.05, 0) is 45.0 Å². The zero-order valence-electron chi connectivity index (χ0n) is 10.6. The Labute approximate surface area is 105 Å². The van der Waals surface area contributed by atoms with Crippen LogP contribution in [0.15, 0.2) is 29.3 Å². The van der Waals surface area contributed by atoms with E-state index >= 15 is 0 Å². The highest BCUT2D eigenvalue weighted by atomic mass is 19.3. The molecule has 0 saturated heterocycles. The zero-order chi connectivity index (χ0) is 13.8. The maximum Gasteiger partial charge on any atom is 0.387 e. The number of halogens is 2. The maximum absolute atomic E-state index is 11.9. The van der Waals surface area contributed by atoms with Gasteiger partial charge in [0.1, 0.15) is 5.75 Å². The lowest BCUT2D eigenvalue weighted by Gasteiger charge is -2.14. The molecule has 0 unspecified atom stereocenters. The minimum absolute atomic E-state index is 0.0990. The number of hydrogen-bond acceptors (Lipinski definition) is 2. The summed E-state index contributed by atoms with van der Waals surface area (Å²) < 4.78 is 28.1. The first-order valence-electron chi connectivity index (χ1n) is 5.43. The van der Waals surface area contributed by atoms with E-state index in [1.807, 2.05) is 20.8 Å². The number of nitrogens with one attached hydrogen (secondary N) is 1. The van der Waals surface area contributed by atoms with Crippen LogP contribution in [0.3, 0.4) is 0 Å². The topological polar surface area (TPSA) is 59.6 Å². The molecule has 0 bridgehead atoms. The summed E-state index contributed by atoms with van der Waals surface area (Å²) >= 11 is 0. The van der Waals surface area contributed by atoms with E-state index in [4.69, 9.17) is 5.73 Å². The minimum Gasteiger partial charge on any atom is -0.435 e. The largest absolute Gasteiger partial charge is 0.435 e. The molecule has 0 aliphatic heterocycles. The number of alkyl halides is 2. The van der Waals surface area contributed by atoms with Gasteiger partial charge in [-0.3, -0.25) is 0 Å². The smallest absolute Gasteiger partial charge is 0.387 e. The number of anilines is 1. The fourth-order valence-corrected chi connectivity index (χ4v) is 1.26. The molecule has 0 aliphatic carbocycles. The van der Waals surface area contributed by atoms with Gasteiger partial charge in [0.2, 0.25) is 0 Å². The van der Waals surface area contributed by atoms with Crippen LogP contribution in [0.2, 0.25) is 0 Å². The molecule has 6 heteroatoms. The third-order valence-corrected chi connectivity index (χ3v) is 1.81. The Bertz CT molecular complexity index is 410. The van der Waals surface area contributed by atoms with E-state index in [2.05, 4.69) is 15.0 Å². The van der Waals surface area contributed by atoms with Gasteiger partial charge in [-0.2, -0.15) is 8.78 Å². The molecule has 0 amide bonds. The van der Waals surface area contributed by atoms with Gasteiger partial charge < -0.3 is 15.8 Å². The summed E-state index contributed by atoms with van der Waals surface area (Å²) in [6.07, 6.45) is 0. The number of guanidine groups is 1. The van der Waals surface area contributed by atoms with Crippen LogP contribution in [0.4, 0.5) is 14.5 Å². The van der Waals surface area contributed by atoms with Gasteiger partial charge in [-0.15, -0.1) is 0 Å².